The van der Waals surface area contributed by atoms with E-state index in [1.807, 2.05) is 58.1 Å². The van der Waals surface area contributed by atoms with Gasteiger partial charge < -0.3 is 53.0 Å². The van der Waals surface area contributed by atoms with Gasteiger partial charge in [-0.3, -0.25) is 24.0 Å². The topological polar surface area (TPSA) is 220 Å². The quantitative estimate of drug-likeness (QED) is 0.136. The van der Waals surface area contributed by atoms with Gasteiger partial charge >= 0.3 is 11.9 Å². The van der Waals surface area contributed by atoms with Crippen LogP contribution in [-0.2, 0) is 66.7 Å². The van der Waals surface area contributed by atoms with Crippen LogP contribution in [0.3, 0.4) is 0 Å². The number of methoxy groups -OCH3 is 3. The number of Topliss-reactive ketones (excluding diaryl/α,β-unsaturated/α-hetero) is 3. The Kier molecular flexibility index (Phi) is 23.0. The molecule has 0 spiro atoms. The van der Waals surface area contributed by atoms with Crippen LogP contribution < -0.4 is 0 Å². The van der Waals surface area contributed by atoms with Gasteiger partial charge in [0.15, 0.2) is 11.6 Å². The number of hydrogen-bond acceptors (Lipinski definition) is 16. The van der Waals surface area contributed by atoms with E-state index < -0.39 is 113 Å². The maximum absolute atomic E-state index is 14.6. The van der Waals surface area contributed by atoms with Crippen molar-refractivity contribution in [2.24, 2.45) is 40.9 Å². The summed E-state index contributed by atoms with van der Waals surface area (Å²) in [6.45, 7) is 18.3. The van der Waals surface area contributed by atoms with E-state index in [1.54, 1.807) is 61.8 Å². The van der Waals surface area contributed by atoms with Gasteiger partial charge in [0.2, 0.25) is 5.79 Å². The molecule has 17 heteroatoms. The van der Waals surface area contributed by atoms with Crippen LogP contribution in [0.4, 0.5) is 0 Å². The van der Waals surface area contributed by atoms with Crippen LogP contribution >= 0.6 is 0 Å². The summed E-state index contributed by atoms with van der Waals surface area (Å²) in [7, 11) is 4.52. The molecule has 4 heterocycles. The summed E-state index contributed by atoms with van der Waals surface area (Å²) in [5, 5.41) is 23.6. The molecule has 4 fully saturated rings. The Morgan fingerprint density at radius 3 is 2.18 bits per heavy atom. The normalized spacial score (nSPS) is 38.8. The van der Waals surface area contributed by atoms with Crippen molar-refractivity contribution in [1.82, 2.24) is 4.90 Å². The molecule has 0 unspecified atom stereocenters. The first-order valence-electron chi connectivity index (χ1n) is 27.8. The second-order valence-electron chi connectivity index (χ2n) is 23.5. The van der Waals surface area contributed by atoms with Gasteiger partial charge in [-0.05, 0) is 128 Å². The van der Waals surface area contributed by atoms with Crippen molar-refractivity contribution in [3.8, 4) is 0 Å². The monoisotopic (exact) mass is 1070 g/mol. The lowest BCUT2D eigenvalue weighted by Gasteiger charge is -2.43. The molecule has 0 aromatic rings. The van der Waals surface area contributed by atoms with Crippen molar-refractivity contribution in [1.29, 1.82) is 0 Å². The number of piperidine rings is 1. The standard InChI is InChI=1S/C59H91NO16/c1-35-19-15-14-16-20-36(2)47(69-11)31-43-24-22-41(7)59(68,76-43)53(64)54(65)60-26-18-17-21-44(60)55(66)74-48(32-45(61)37(3)28-40(6)51(63)52(71-13)50(62)39(5)27-35)38(4)29-42-23-25-46(49(30-42)70-12)75-56(67)58(10)33-72-57(8,9)73-34-58/h14-16,19-20,28,35,37-39,41-44,46-49,51-52,63,68H,17-18,21-27,29-34H2,1-13H3/b16-14+,19-15+,36-20+,40-28+/t35-,37-,38-,39-,41-,42+,43+,44+,46-,47+,48+,49-,51-,52+,59-/m1/s1. The van der Waals surface area contributed by atoms with E-state index in [-0.39, 0.29) is 56.0 Å². The van der Waals surface area contributed by atoms with Gasteiger partial charge in [-0.1, -0.05) is 71.1 Å². The van der Waals surface area contributed by atoms with Gasteiger partial charge in [0.25, 0.3) is 11.7 Å². The number of fused-ring (bicyclic) bond motifs is 3. The molecule has 3 saturated heterocycles. The molecule has 5 rings (SSSR count). The molecular weight excluding hydrogens is 979 g/mol. The van der Waals surface area contributed by atoms with E-state index in [0.29, 0.717) is 69.8 Å². The molecule has 1 amide bonds. The first kappa shape index (κ1) is 62.9. The highest BCUT2D eigenvalue weighted by molar-refractivity contribution is 6.39. The number of allylic oxidation sites excluding steroid dienone is 6. The lowest BCUT2D eigenvalue weighted by molar-refractivity contribution is -0.283. The summed E-state index contributed by atoms with van der Waals surface area (Å²) in [5.41, 5.74) is 0.243. The van der Waals surface area contributed by atoms with Crippen LogP contribution in [0, 0.1) is 40.9 Å². The molecule has 0 radical (unpaired) electrons. The fourth-order valence-corrected chi connectivity index (χ4v) is 11.4. The fourth-order valence-electron chi connectivity index (χ4n) is 11.4. The molecule has 5 aliphatic rings. The maximum atomic E-state index is 14.6. The average Bonchev–Trinajstić information content (AvgIpc) is 3.39. The highest BCUT2D eigenvalue weighted by Crippen LogP contribution is 2.39. The number of cyclic esters (lactones) is 1. The number of esters is 2. The van der Waals surface area contributed by atoms with E-state index in [9.17, 15) is 39.0 Å². The largest absolute Gasteiger partial charge is 0.460 e. The van der Waals surface area contributed by atoms with E-state index in [0.717, 1.165) is 5.57 Å². The zero-order valence-corrected chi connectivity index (χ0v) is 47.7. The third kappa shape index (κ3) is 16.1. The number of carbonyl (C=O) groups excluding carboxylic acids is 6. The second-order valence-corrected chi connectivity index (χ2v) is 23.5. The maximum Gasteiger partial charge on any atom is 0.329 e. The van der Waals surface area contributed by atoms with Gasteiger partial charge in [-0.15, -0.1) is 0 Å². The van der Waals surface area contributed by atoms with Gasteiger partial charge in [0.05, 0.1) is 31.5 Å². The van der Waals surface area contributed by atoms with Crippen LogP contribution in [0.1, 0.15) is 146 Å². The minimum absolute atomic E-state index is 0.000496. The molecule has 2 N–H and O–H groups in total. The molecule has 15 atom stereocenters. The first-order valence-corrected chi connectivity index (χ1v) is 27.8. The Labute approximate surface area is 451 Å². The summed E-state index contributed by atoms with van der Waals surface area (Å²) in [4.78, 5) is 86.3. The molecule has 2 bridgehead atoms. The zero-order chi connectivity index (χ0) is 56.3. The number of amides is 1. The Morgan fingerprint density at radius 2 is 1.53 bits per heavy atom. The van der Waals surface area contributed by atoms with Crippen LogP contribution in [0.15, 0.2) is 47.6 Å². The Balaban J connectivity index is 1.43. The number of aliphatic hydroxyl groups excluding tert-OH is 1. The molecule has 17 nitrogen and oxygen atoms in total. The zero-order valence-electron chi connectivity index (χ0n) is 47.7. The minimum atomic E-state index is -2.46. The molecule has 76 heavy (non-hydrogen) atoms. The van der Waals surface area contributed by atoms with Crippen LogP contribution in [0.5, 0.6) is 0 Å². The van der Waals surface area contributed by atoms with Crippen molar-refractivity contribution < 1.29 is 76.9 Å². The van der Waals surface area contributed by atoms with Crippen LogP contribution in [0.2, 0.25) is 0 Å². The number of aliphatic hydroxyl groups is 2. The first-order chi connectivity index (χ1) is 35.8. The Hall–Kier alpha value is -3.94. The number of carbonyl (C=O) groups is 6. The second kappa shape index (κ2) is 27.8. The average molecular weight is 1070 g/mol. The summed E-state index contributed by atoms with van der Waals surface area (Å²) >= 11 is 0. The molecule has 1 saturated carbocycles. The number of ketones is 3. The van der Waals surface area contributed by atoms with Gasteiger partial charge in [0, 0.05) is 58.5 Å². The van der Waals surface area contributed by atoms with E-state index in [4.69, 9.17) is 37.9 Å². The van der Waals surface area contributed by atoms with E-state index in [2.05, 4.69) is 0 Å². The highest BCUT2D eigenvalue weighted by atomic mass is 16.7. The predicted molar refractivity (Wildman–Crippen MR) is 283 cm³/mol. The van der Waals surface area contributed by atoms with Gasteiger partial charge in [-0.25, -0.2) is 4.79 Å². The van der Waals surface area contributed by atoms with Crippen LogP contribution in [-0.4, -0.2) is 152 Å². The van der Waals surface area contributed by atoms with Crippen molar-refractivity contribution in [2.75, 3.05) is 41.1 Å². The van der Waals surface area contributed by atoms with Crippen LogP contribution in [0.25, 0.3) is 0 Å². The lowest BCUT2D eigenvalue weighted by Crippen LogP contribution is -2.61. The predicted octanol–water partition coefficient (Wildman–Crippen LogP) is 7.52. The molecule has 4 aliphatic heterocycles. The van der Waals surface area contributed by atoms with E-state index >= 15 is 0 Å². The molecule has 0 aromatic carbocycles. The molecule has 1 aliphatic carbocycles. The SMILES string of the molecule is CO[C@H]1C[C@@H]2CC[C@@H](C)[C@@](O)(O2)C(=O)C(=O)N2CCCC[C@H]2C(=O)O[C@H]([C@H](C)C[C@@H]2CC[C@@H](OC(=O)C3(C)COC(C)(C)OC3)[C@H](OC)C2)CC(=O)[C@H](C)/C=C(\C)[C@@H](O)[C@@H](OC)C(=O)[C@H](C)C[C@H](C)/C=C/C=C/C=C/1C. The summed E-state index contributed by atoms with van der Waals surface area (Å²) in [5.74, 6) is -9.63. The third-order valence-corrected chi connectivity index (χ3v) is 16.7. The Morgan fingerprint density at radius 1 is 0.829 bits per heavy atom. The minimum Gasteiger partial charge on any atom is -0.460 e. The van der Waals surface area contributed by atoms with Gasteiger partial charge in [0.1, 0.15) is 41.7 Å². The third-order valence-electron chi connectivity index (χ3n) is 16.7. The van der Waals surface area contributed by atoms with Crippen molar-refractivity contribution >= 4 is 35.2 Å². The van der Waals surface area contributed by atoms with Crippen molar-refractivity contribution in [2.45, 2.75) is 207 Å². The summed E-state index contributed by atoms with van der Waals surface area (Å²) in [6, 6.07) is -1.18. The van der Waals surface area contributed by atoms with Gasteiger partial charge in [-0.2, -0.15) is 0 Å². The molecule has 0 aromatic heterocycles. The van der Waals surface area contributed by atoms with Crippen molar-refractivity contribution in [3.05, 3.63) is 47.6 Å². The summed E-state index contributed by atoms with van der Waals surface area (Å²) < 4.78 is 47.6. The molecule has 428 valence electrons. The highest BCUT2D eigenvalue weighted by Gasteiger charge is 2.53. The smallest absolute Gasteiger partial charge is 0.329 e. The number of rotatable bonds is 8. The number of hydrogen-bond donors (Lipinski definition) is 2. The number of ether oxygens (including phenoxy) is 8. The van der Waals surface area contributed by atoms with E-state index in [1.165, 1.54) is 12.0 Å². The lowest BCUT2D eigenvalue weighted by atomic mass is 9.78. The summed E-state index contributed by atoms with van der Waals surface area (Å²) in [6.07, 6.45) is 10.5. The molecular formula is C59H91NO16. The fraction of sp³-hybridized carbons (Fsp3) is 0.763. The van der Waals surface area contributed by atoms with Crippen molar-refractivity contribution in [3.63, 3.8) is 0 Å². The number of nitrogens with zero attached hydrogens (tertiary/aromatic N) is 1. The Bertz CT molecular complexity index is 2140.